The first-order valence-electron chi connectivity index (χ1n) is 3.32. The molecule has 1 heterocycles. The molecule has 0 radical (unpaired) electrons. The Morgan fingerprint density at radius 2 is 2.54 bits per heavy atom. The summed E-state index contributed by atoms with van der Waals surface area (Å²) in [5, 5.41) is 0. The Bertz CT molecular complexity index is 322. The van der Waals surface area contributed by atoms with Crippen molar-refractivity contribution in [3.8, 4) is 0 Å². The second-order valence-corrected chi connectivity index (χ2v) is 3.09. The summed E-state index contributed by atoms with van der Waals surface area (Å²) < 4.78 is 9.25. The van der Waals surface area contributed by atoms with Gasteiger partial charge in [-0.1, -0.05) is 15.9 Å². The van der Waals surface area contributed by atoms with E-state index in [1.54, 1.807) is 0 Å². The van der Waals surface area contributed by atoms with Gasteiger partial charge in [-0.2, -0.15) is 0 Å². The maximum absolute atomic E-state index is 10.9. The first-order chi connectivity index (χ1) is 6.19. The summed E-state index contributed by atoms with van der Waals surface area (Å²) in [6, 6.07) is 0. The van der Waals surface area contributed by atoms with Gasteiger partial charge in [0.05, 0.1) is 7.11 Å². The Hall–Kier alpha value is -1.17. The molecule has 13 heavy (non-hydrogen) atoms. The molecule has 0 spiro atoms. The van der Waals surface area contributed by atoms with Gasteiger partial charge in [-0.05, 0) is 0 Å². The van der Waals surface area contributed by atoms with Crippen LogP contribution in [-0.4, -0.2) is 24.3 Å². The maximum atomic E-state index is 10.9. The molecule has 1 aromatic rings. The number of carbonyl (C=O) groups excluding carboxylic acids is 2. The van der Waals surface area contributed by atoms with Crippen molar-refractivity contribution in [2.75, 3.05) is 7.11 Å². The second-order valence-electron chi connectivity index (χ2n) is 2.10. The molecule has 0 amide bonds. The van der Waals surface area contributed by atoms with Crippen molar-refractivity contribution < 1.29 is 18.7 Å². The third kappa shape index (κ3) is 2.15. The molecule has 70 valence electrons. The van der Waals surface area contributed by atoms with Gasteiger partial charge in [-0.25, -0.2) is 9.78 Å². The number of nitrogens with zero attached hydrogens (tertiary/aromatic N) is 1. The molecule has 0 aliphatic carbocycles. The fourth-order valence-corrected chi connectivity index (χ4v) is 0.881. The number of hydrogen-bond acceptors (Lipinski definition) is 5. The monoisotopic (exact) mass is 247 g/mol. The van der Waals surface area contributed by atoms with Gasteiger partial charge < -0.3 is 13.9 Å². The van der Waals surface area contributed by atoms with Crippen LogP contribution in [0.25, 0.3) is 0 Å². The number of halogens is 1. The predicted octanol–water partition coefficient (Wildman–Crippen LogP) is 1.10. The fraction of sp³-hybridized carbons (Fsp3) is 0.286. The lowest BCUT2D eigenvalue weighted by atomic mass is 10.4. The van der Waals surface area contributed by atoms with E-state index in [9.17, 15) is 9.59 Å². The average Bonchev–Trinajstić information content (AvgIpc) is 2.64. The molecule has 0 saturated carbocycles. The van der Waals surface area contributed by atoms with Crippen LogP contribution in [-0.2, 0) is 9.53 Å². The van der Waals surface area contributed by atoms with Crippen LogP contribution in [0.3, 0.4) is 0 Å². The summed E-state index contributed by atoms with van der Waals surface area (Å²) in [6.45, 7) is 0. The molecule has 0 aromatic carbocycles. The second kappa shape index (κ2) is 4.18. The van der Waals surface area contributed by atoms with Crippen LogP contribution in [0.15, 0.2) is 10.7 Å². The fourth-order valence-electron chi connectivity index (χ4n) is 0.671. The molecule has 1 unspecified atom stereocenters. The molecule has 1 atom stereocenters. The molecule has 6 heteroatoms. The third-order valence-corrected chi connectivity index (χ3v) is 1.88. The molecule has 0 bridgehead atoms. The number of ether oxygens (including phenoxy) is 1. The number of alkyl halides is 1. The van der Waals surface area contributed by atoms with Crippen LogP contribution in [0.2, 0.25) is 0 Å². The van der Waals surface area contributed by atoms with Crippen molar-refractivity contribution in [1.29, 1.82) is 0 Å². The molecule has 1 aromatic heterocycles. The number of aromatic nitrogens is 1. The van der Waals surface area contributed by atoms with E-state index in [1.807, 2.05) is 0 Å². The maximum Gasteiger partial charge on any atom is 0.360 e. The SMILES string of the molecule is COC(=O)c1coc(C(Br)C=O)n1. The molecule has 0 N–H and O–H groups in total. The minimum Gasteiger partial charge on any atom is -0.464 e. The van der Waals surface area contributed by atoms with Crippen LogP contribution in [0, 0.1) is 0 Å². The van der Waals surface area contributed by atoms with E-state index < -0.39 is 10.8 Å². The minimum absolute atomic E-state index is 0.0452. The number of methoxy groups -OCH3 is 1. The molecule has 1 rings (SSSR count). The first kappa shape index (κ1) is 9.91. The number of oxazole rings is 1. The third-order valence-electron chi connectivity index (χ3n) is 1.27. The Labute approximate surface area is 82.2 Å². The number of esters is 1. The van der Waals surface area contributed by atoms with Crippen molar-refractivity contribution in [2.45, 2.75) is 4.83 Å². The molecule has 0 saturated heterocycles. The molecular formula is C7H6BrNO4. The van der Waals surface area contributed by atoms with Gasteiger partial charge in [-0.3, -0.25) is 0 Å². The van der Waals surface area contributed by atoms with Gasteiger partial charge >= 0.3 is 5.97 Å². The van der Waals surface area contributed by atoms with Crippen LogP contribution >= 0.6 is 15.9 Å². The van der Waals surface area contributed by atoms with Crippen LogP contribution in [0.4, 0.5) is 0 Å². The summed E-state index contributed by atoms with van der Waals surface area (Å²) in [5.74, 6) is -0.462. The molecule has 0 aliphatic rings. The van der Waals surface area contributed by atoms with Gasteiger partial charge in [0.15, 0.2) is 5.69 Å². The van der Waals surface area contributed by atoms with E-state index >= 15 is 0 Å². The lowest BCUT2D eigenvalue weighted by Crippen LogP contribution is -2.02. The number of rotatable bonds is 3. The molecule has 5 nitrogen and oxygen atoms in total. The quantitative estimate of drug-likeness (QED) is 0.455. The zero-order chi connectivity index (χ0) is 9.84. The Balaban J connectivity index is 2.86. The zero-order valence-electron chi connectivity index (χ0n) is 6.69. The van der Waals surface area contributed by atoms with Crippen molar-refractivity contribution in [3.63, 3.8) is 0 Å². The van der Waals surface area contributed by atoms with Gasteiger partial charge in [0.1, 0.15) is 17.4 Å². The minimum atomic E-state index is -0.633. The number of aldehydes is 1. The summed E-state index contributed by atoms with van der Waals surface area (Å²) >= 11 is 2.99. The highest BCUT2D eigenvalue weighted by Gasteiger charge is 2.16. The van der Waals surface area contributed by atoms with Crippen LogP contribution < -0.4 is 0 Å². The Morgan fingerprint density at radius 1 is 1.85 bits per heavy atom. The van der Waals surface area contributed by atoms with Crippen molar-refractivity contribution in [3.05, 3.63) is 17.8 Å². The Morgan fingerprint density at radius 3 is 3.08 bits per heavy atom. The molecule has 0 fully saturated rings. The van der Waals surface area contributed by atoms with Crippen molar-refractivity contribution in [2.24, 2.45) is 0 Å². The van der Waals surface area contributed by atoms with Gasteiger partial charge in [-0.15, -0.1) is 0 Å². The van der Waals surface area contributed by atoms with Crippen LogP contribution in [0.1, 0.15) is 21.2 Å². The summed E-state index contributed by atoms with van der Waals surface area (Å²) in [4.78, 5) is 24.3. The highest BCUT2D eigenvalue weighted by molar-refractivity contribution is 9.09. The van der Waals surface area contributed by atoms with Crippen molar-refractivity contribution in [1.82, 2.24) is 4.98 Å². The van der Waals surface area contributed by atoms with Crippen LogP contribution in [0.5, 0.6) is 0 Å². The first-order valence-corrected chi connectivity index (χ1v) is 4.23. The predicted molar refractivity (Wildman–Crippen MR) is 45.6 cm³/mol. The topological polar surface area (TPSA) is 69.4 Å². The summed E-state index contributed by atoms with van der Waals surface area (Å²) in [6.07, 6.45) is 1.74. The van der Waals surface area contributed by atoms with E-state index in [1.165, 1.54) is 7.11 Å². The number of carbonyl (C=O) groups is 2. The largest absolute Gasteiger partial charge is 0.464 e. The van der Waals surface area contributed by atoms with Gasteiger partial charge in [0, 0.05) is 0 Å². The van der Waals surface area contributed by atoms with E-state index in [2.05, 4.69) is 25.7 Å². The van der Waals surface area contributed by atoms with E-state index in [0.29, 0.717) is 6.29 Å². The highest BCUT2D eigenvalue weighted by Crippen LogP contribution is 2.19. The van der Waals surface area contributed by atoms with Gasteiger partial charge in [0.25, 0.3) is 0 Å². The summed E-state index contributed by atoms with van der Waals surface area (Å²) in [7, 11) is 1.24. The molecular weight excluding hydrogens is 242 g/mol. The lowest BCUT2D eigenvalue weighted by Gasteiger charge is -1.92. The average molecular weight is 248 g/mol. The Kier molecular flexibility index (Phi) is 3.18. The standard InChI is InChI=1S/C7H6BrNO4/c1-12-7(11)5-3-13-6(9-5)4(8)2-10/h2-4H,1H3. The van der Waals surface area contributed by atoms with E-state index in [-0.39, 0.29) is 11.6 Å². The summed E-state index contributed by atoms with van der Waals surface area (Å²) in [5.41, 5.74) is 0.0452. The molecule has 0 aliphatic heterocycles. The highest BCUT2D eigenvalue weighted by atomic mass is 79.9. The van der Waals surface area contributed by atoms with Gasteiger partial charge in [0.2, 0.25) is 5.89 Å². The van der Waals surface area contributed by atoms with Crippen molar-refractivity contribution >= 4 is 28.2 Å². The zero-order valence-corrected chi connectivity index (χ0v) is 8.28. The normalized spacial score (nSPS) is 12.2. The van der Waals surface area contributed by atoms with E-state index in [4.69, 9.17) is 4.42 Å². The lowest BCUT2D eigenvalue weighted by molar-refractivity contribution is -0.107. The number of hydrogen-bond donors (Lipinski definition) is 0. The van der Waals surface area contributed by atoms with E-state index in [0.717, 1.165) is 6.26 Å². The smallest absolute Gasteiger partial charge is 0.360 e.